The summed E-state index contributed by atoms with van der Waals surface area (Å²) in [5, 5.41) is 21.4. The summed E-state index contributed by atoms with van der Waals surface area (Å²) < 4.78 is 14.8. The molecule has 0 amide bonds. The maximum atomic E-state index is 14.8. The first kappa shape index (κ1) is 22.3. The average Bonchev–Trinajstić information content (AvgIpc) is 3.11. The van der Waals surface area contributed by atoms with Crippen LogP contribution in [0.25, 0.3) is 11.4 Å². The van der Waals surface area contributed by atoms with Gasteiger partial charge in [-0.1, -0.05) is 25.4 Å². The van der Waals surface area contributed by atoms with Gasteiger partial charge in [0.15, 0.2) is 11.6 Å². The fraction of sp³-hybridized carbons (Fsp3) is 0.500. The summed E-state index contributed by atoms with van der Waals surface area (Å²) in [6.45, 7) is 11.0. The Morgan fingerprint density at radius 1 is 1.47 bits per heavy atom. The Hall–Kier alpha value is -2.36. The number of hydrogen-bond acceptors (Lipinski definition) is 7. The van der Waals surface area contributed by atoms with Crippen LogP contribution in [0, 0.1) is 11.7 Å². The summed E-state index contributed by atoms with van der Waals surface area (Å²) in [7, 11) is 1.60. The van der Waals surface area contributed by atoms with Crippen molar-refractivity contribution in [1.82, 2.24) is 20.5 Å². The normalized spacial score (nSPS) is 19.5. The third-order valence-electron chi connectivity index (χ3n) is 5.68. The van der Waals surface area contributed by atoms with E-state index in [0.29, 0.717) is 36.8 Å². The largest absolute Gasteiger partial charge is 0.388 e. The standard InChI is InChI=1S/C20H27ClFN7O/c1-11(2)20(3,30)15-10-29(7-6-25-15)19-13(21)8-14(22)17(26-19)16-12(9-23-4)18(24-5)28-27-16/h8-9,11,15,25,30H,5-7,10H2,1-4H3,(H,27,28)/b23-9-/t15-,20+/m0/s1. The first-order valence-corrected chi connectivity index (χ1v) is 10.1. The first-order valence-electron chi connectivity index (χ1n) is 9.75. The summed E-state index contributed by atoms with van der Waals surface area (Å²) in [6, 6.07) is 1.04. The number of piperazine rings is 1. The zero-order chi connectivity index (χ0) is 22.1. The Morgan fingerprint density at radius 2 is 2.20 bits per heavy atom. The summed E-state index contributed by atoms with van der Waals surface area (Å²) in [6.07, 6.45) is 1.53. The predicted octanol–water partition coefficient (Wildman–Crippen LogP) is 2.83. The maximum Gasteiger partial charge on any atom is 0.156 e. The summed E-state index contributed by atoms with van der Waals surface area (Å²) in [5.74, 6) is 0.266. The molecule has 1 aliphatic rings. The molecule has 0 unspecified atom stereocenters. The third-order valence-corrected chi connectivity index (χ3v) is 5.96. The topological polar surface area (TPSA) is 102 Å². The third kappa shape index (κ3) is 4.10. The molecular formula is C20H27ClFN7O. The number of aliphatic imine (C=N–C) groups is 2. The minimum atomic E-state index is -0.925. The number of aromatic nitrogens is 3. The maximum absolute atomic E-state index is 14.8. The zero-order valence-corrected chi connectivity index (χ0v) is 18.3. The van der Waals surface area contributed by atoms with E-state index in [1.54, 1.807) is 7.05 Å². The molecule has 3 rings (SSSR count). The van der Waals surface area contributed by atoms with Gasteiger partial charge in [-0.2, -0.15) is 5.10 Å². The van der Waals surface area contributed by atoms with Crippen molar-refractivity contribution in [1.29, 1.82) is 0 Å². The van der Waals surface area contributed by atoms with Gasteiger partial charge in [0.05, 0.1) is 22.2 Å². The smallest absolute Gasteiger partial charge is 0.156 e. The summed E-state index contributed by atoms with van der Waals surface area (Å²) in [4.78, 5) is 14.3. The van der Waals surface area contributed by atoms with Crippen LogP contribution in [0.15, 0.2) is 16.1 Å². The molecule has 8 nitrogen and oxygen atoms in total. The summed E-state index contributed by atoms with van der Waals surface area (Å²) in [5.41, 5.74) is -0.112. The van der Waals surface area contributed by atoms with Gasteiger partial charge >= 0.3 is 0 Å². The van der Waals surface area contributed by atoms with Crippen LogP contribution in [0.4, 0.5) is 16.0 Å². The fourth-order valence-corrected chi connectivity index (χ4v) is 3.73. The lowest BCUT2D eigenvalue weighted by Crippen LogP contribution is -2.62. The van der Waals surface area contributed by atoms with Crippen LogP contribution in [0.3, 0.4) is 0 Å². The number of anilines is 1. The second kappa shape index (κ2) is 8.79. The van der Waals surface area contributed by atoms with Crippen LogP contribution >= 0.6 is 11.6 Å². The molecule has 0 saturated carbocycles. The number of nitrogens with one attached hydrogen (secondary N) is 2. The Balaban J connectivity index is 2.02. The van der Waals surface area contributed by atoms with Crippen LogP contribution in [0.5, 0.6) is 0 Å². The lowest BCUT2D eigenvalue weighted by Gasteiger charge is -2.43. The van der Waals surface area contributed by atoms with Gasteiger partial charge in [0, 0.05) is 32.9 Å². The molecule has 0 bridgehead atoms. The van der Waals surface area contributed by atoms with E-state index in [0.717, 1.165) is 0 Å². The number of halogens is 2. The van der Waals surface area contributed by atoms with Crippen molar-refractivity contribution < 1.29 is 9.50 Å². The molecule has 0 aromatic carbocycles. The van der Waals surface area contributed by atoms with E-state index < -0.39 is 11.4 Å². The number of rotatable bonds is 6. The van der Waals surface area contributed by atoms with Gasteiger partial charge in [0.25, 0.3) is 0 Å². The molecule has 162 valence electrons. The lowest BCUT2D eigenvalue weighted by molar-refractivity contribution is -0.0231. The molecule has 1 fully saturated rings. The summed E-state index contributed by atoms with van der Waals surface area (Å²) >= 11 is 6.37. The minimum Gasteiger partial charge on any atom is -0.388 e. The van der Waals surface area contributed by atoms with E-state index in [4.69, 9.17) is 11.6 Å². The van der Waals surface area contributed by atoms with Gasteiger partial charge in [-0.15, -0.1) is 0 Å². The van der Waals surface area contributed by atoms with Crippen LogP contribution in [-0.2, 0) is 0 Å². The number of aliphatic hydroxyl groups is 1. The Morgan fingerprint density at radius 3 is 2.83 bits per heavy atom. The second-order valence-corrected chi connectivity index (χ2v) is 8.24. The molecule has 0 aliphatic carbocycles. The molecule has 30 heavy (non-hydrogen) atoms. The Kier molecular flexibility index (Phi) is 6.54. The highest BCUT2D eigenvalue weighted by molar-refractivity contribution is 6.33. The molecular weight excluding hydrogens is 409 g/mol. The van der Waals surface area contributed by atoms with Gasteiger partial charge < -0.3 is 15.3 Å². The van der Waals surface area contributed by atoms with Gasteiger partial charge in [0.1, 0.15) is 17.2 Å². The van der Waals surface area contributed by atoms with E-state index in [1.807, 2.05) is 25.7 Å². The van der Waals surface area contributed by atoms with Crippen LogP contribution < -0.4 is 10.2 Å². The van der Waals surface area contributed by atoms with Gasteiger partial charge in [0.2, 0.25) is 0 Å². The average molecular weight is 436 g/mol. The second-order valence-electron chi connectivity index (χ2n) is 7.84. The minimum absolute atomic E-state index is 0.0427. The molecule has 1 saturated heterocycles. The van der Waals surface area contributed by atoms with Crippen molar-refractivity contribution in [3.63, 3.8) is 0 Å². The molecule has 2 atom stereocenters. The van der Waals surface area contributed by atoms with Crippen molar-refractivity contribution in [2.45, 2.75) is 32.4 Å². The van der Waals surface area contributed by atoms with E-state index in [1.165, 1.54) is 12.3 Å². The molecule has 0 radical (unpaired) electrons. The monoisotopic (exact) mass is 435 g/mol. The number of nitrogens with zero attached hydrogens (tertiary/aromatic N) is 5. The highest BCUT2D eigenvalue weighted by atomic mass is 35.5. The number of pyridine rings is 1. The van der Waals surface area contributed by atoms with Crippen LogP contribution in [0.2, 0.25) is 5.02 Å². The molecule has 10 heteroatoms. The predicted molar refractivity (Wildman–Crippen MR) is 119 cm³/mol. The van der Waals surface area contributed by atoms with E-state index in [-0.39, 0.29) is 28.4 Å². The molecule has 3 heterocycles. The highest BCUT2D eigenvalue weighted by Gasteiger charge is 2.38. The Bertz CT molecular complexity index is 957. The van der Waals surface area contributed by atoms with Crippen molar-refractivity contribution in [3.05, 3.63) is 22.5 Å². The number of aromatic amines is 1. The quantitative estimate of drug-likeness (QED) is 0.605. The van der Waals surface area contributed by atoms with Gasteiger partial charge in [-0.05, 0) is 25.6 Å². The number of H-pyrrole nitrogens is 1. The SMILES string of the molecule is C=Nc1[nH]nc(-c2nc(N3CCN[C@H]([C@](C)(O)C(C)C)C3)c(Cl)cc2F)c1/C=N\C. The molecule has 2 aromatic heterocycles. The van der Waals surface area contributed by atoms with Crippen molar-refractivity contribution in [2.24, 2.45) is 15.9 Å². The zero-order valence-electron chi connectivity index (χ0n) is 17.6. The van der Waals surface area contributed by atoms with Crippen molar-refractivity contribution in [3.8, 4) is 11.4 Å². The van der Waals surface area contributed by atoms with Crippen molar-refractivity contribution in [2.75, 3.05) is 31.6 Å². The molecule has 2 aromatic rings. The number of hydrogen-bond donors (Lipinski definition) is 3. The molecule has 3 N–H and O–H groups in total. The van der Waals surface area contributed by atoms with Crippen molar-refractivity contribution >= 4 is 36.2 Å². The lowest BCUT2D eigenvalue weighted by atomic mass is 9.84. The Labute approximate surface area is 180 Å². The van der Waals surface area contributed by atoms with E-state index >= 15 is 0 Å². The van der Waals surface area contributed by atoms with Crippen LogP contribution in [0.1, 0.15) is 26.3 Å². The van der Waals surface area contributed by atoms with Gasteiger partial charge in [-0.25, -0.2) is 14.4 Å². The van der Waals surface area contributed by atoms with Gasteiger partial charge in [-0.3, -0.25) is 10.1 Å². The fourth-order valence-electron chi connectivity index (χ4n) is 3.47. The van der Waals surface area contributed by atoms with E-state index in [2.05, 4.69) is 37.2 Å². The highest BCUT2D eigenvalue weighted by Crippen LogP contribution is 2.34. The first-order chi connectivity index (χ1) is 14.2. The van der Waals surface area contributed by atoms with E-state index in [9.17, 15) is 9.50 Å². The van der Waals surface area contributed by atoms with Crippen LogP contribution in [-0.4, -0.2) is 71.5 Å². The molecule has 1 aliphatic heterocycles. The molecule has 0 spiro atoms.